The van der Waals surface area contributed by atoms with Gasteiger partial charge in [0.05, 0.1) is 20.3 Å². The van der Waals surface area contributed by atoms with E-state index < -0.39 is 0 Å². The van der Waals surface area contributed by atoms with E-state index in [2.05, 4.69) is 33.4 Å². The highest BCUT2D eigenvalue weighted by Crippen LogP contribution is 2.13. The molecule has 0 spiro atoms. The molecule has 126 valence electrons. The van der Waals surface area contributed by atoms with Crippen LogP contribution in [0, 0.1) is 0 Å². The van der Waals surface area contributed by atoms with Gasteiger partial charge in [0.2, 0.25) is 0 Å². The Balaban J connectivity index is 1.80. The summed E-state index contributed by atoms with van der Waals surface area (Å²) in [5.74, 6) is 1.79. The van der Waals surface area contributed by atoms with Crippen molar-refractivity contribution in [3.05, 3.63) is 41.5 Å². The zero-order valence-electron chi connectivity index (χ0n) is 14.3. The van der Waals surface area contributed by atoms with E-state index in [9.17, 15) is 0 Å². The normalized spacial score (nSPS) is 15.1. The topological polar surface area (TPSA) is 46.1 Å². The summed E-state index contributed by atoms with van der Waals surface area (Å²) in [5, 5.41) is 3.43. The Morgan fingerprint density at radius 2 is 2.13 bits per heavy atom. The maximum absolute atomic E-state index is 5.33. The second kappa shape index (κ2) is 9.20. The van der Waals surface area contributed by atoms with E-state index in [1.54, 1.807) is 7.11 Å². The molecule has 5 nitrogen and oxygen atoms in total. The van der Waals surface area contributed by atoms with Crippen LogP contribution in [0.3, 0.4) is 0 Å². The number of aliphatic imine (C=N–C) groups is 1. The summed E-state index contributed by atoms with van der Waals surface area (Å²) in [5.41, 5.74) is 2.69. The Kier molecular flexibility index (Phi) is 6.94. The average molecular weight is 317 g/mol. The fourth-order valence-electron chi connectivity index (χ4n) is 2.59. The fraction of sp³-hybridized carbons (Fsp3) is 0.500. The molecular weight excluding hydrogens is 290 g/mol. The Bertz CT molecular complexity index is 538. The molecule has 0 atom stereocenters. The molecule has 0 bridgehead atoms. The molecule has 23 heavy (non-hydrogen) atoms. The lowest BCUT2D eigenvalue weighted by atomic mass is 10.1. The van der Waals surface area contributed by atoms with E-state index in [0.29, 0.717) is 0 Å². The Morgan fingerprint density at radius 3 is 2.74 bits per heavy atom. The van der Waals surface area contributed by atoms with Gasteiger partial charge in [-0.05, 0) is 30.5 Å². The molecule has 0 saturated carbocycles. The van der Waals surface area contributed by atoms with Gasteiger partial charge in [-0.15, -0.1) is 0 Å². The van der Waals surface area contributed by atoms with Crippen LogP contribution in [0.1, 0.15) is 18.4 Å². The van der Waals surface area contributed by atoms with Crippen LogP contribution in [0.5, 0.6) is 5.75 Å². The quantitative estimate of drug-likeness (QED) is 0.497. The zero-order valence-corrected chi connectivity index (χ0v) is 14.3. The standard InChI is InChI=1S/C18H27N3O2/c1-19-18(20-11-8-15-9-12-23-13-10-15)21(2)14-16-4-6-17(22-3)7-5-16/h4-7,9H,8,10-14H2,1-3H3,(H,19,20). The van der Waals surface area contributed by atoms with Crippen LogP contribution >= 0.6 is 0 Å². The van der Waals surface area contributed by atoms with Gasteiger partial charge in [0, 0.05) is 27.2 Å². The fourth-order valence-corrected chi connectivity index (χ4v) is 2.59. The van der Waals surface area contributed by atoms with Crippen molar-refractivity contribution in [2.45, 2.75) is 19.4 Å². The Hall–Kier alpha value is -2.01. The first-order valence-corrected chi connectivity index (χ1v) is 8.03. The zero-order chi connectivity index (χ0) is 16.5. The predicted molar refractivity (Wildman–Crippen MR) is 94.0 cm³/mol. The van der Waals surface area contributed by atoms with Gasteiger partial charge in [-0.3, -0.25) is 4.99 Å². The summed E-state index contributed by atoms with van der Waals surface area (Å²) in [4.78, 5) is 6.49. The largest absolute Gasteiger partial charge is 0.497 e. The number of guanidine groups is 1. The molecule has 1 aromatic rings. The number of nitrogens with one attached hydrogen (secondary N) is 1. The van der Waals surface area contributed by atoms with Gasteiger partial charge in [0.25, 0.3) is 0 Å². The Labute approximate surface area is 139 Å². The summed E-state index contributed by atoms with van der Waals surface area (Å²) in [7, 11) is 5.55. The molecule has 0 fully saturated rings. The molecule has 5 heteroatoms. The van der Waals surface area contributed by atoms with Crippen molar-refractivity contribution in [2.24, 2.45) is 4.99 Å². The minimum Gasteiger partial charge on any atom is -0.497 e. The van der Waals surface area contributed by atoms with Gasteiger partial charge in [-0.1, -0.05) is 23.8 Å². The maximum Gasteiger partial charge on any atom is 0.193 e. The highest BCUT2D eigenvalue weighted by molar-refractivity contribution is 5.79. The van der Waals surface area contributed by atoms with Crippen LogP contribution in [-0.4, -0.2) is 51.8 Å². The molecule has 1 heterocycles. The highest BCUT2D eigenvalue weighted by Gasteiger charge is 2.08. The predicted octanol–water partition coefficient (Wildman–Crippen LogP) is 2.44. The molecule has 0 unspecified atom stereocenters. The van der Waals surface area contributed by atoms with Crippen molar-refractivity contribution >= 4 is 5.96 Å². The first-order chi connectivity index (χ1) is 11.2. The van der Waals surface area contributed by atoms with E-state index in [1.807, 2.05) is 26.2 Å². The van der Waals surface area contributed by atoms with Gasteiger partial charge in [-0.2, -0.15) is 0 Å². The molecule has 1 aliphatic heterocycles. The molecule has 2 rings (SSSR count). The molecule has 1 aliphatic rings. The number of rotatable bonds is 6. The first-order valence-electron chi connectivity index (χ1n) is 8.03. The van der Waals surface area contributed by atoms with Crippen LogP contribution in [0.25, 0.3) is 0 Å². The molecule has 0 saturated heterocycles. The van der Waals surface area contributed by atoms with E-state index in [-0.39, 0.29) is 0 Å². The number of benzene rings is 1. The number of nitrogens with zero attached hydrogens (tertiary/aromatic N) is 2. The molecule has 0 radical (unpaired) electrons. The van der Waals surface area contributed by atoms with Crippen molar-refractivity contribution in [2.75, 3.05) is 41.0 Å². The van der Waals surface area contributed by atoms with Crippen LogP contribution in [0.15, 0.2) is 40.9 Å². The second-order valence-corrected chi connectivity index (χ2v) is 5.62. The summed E-state index contributed by atoms with van der Waals surface area (Å²) in [6.07, 6.45) is 4.27. The van der Waals surface area contributed by atoms with E-state index in [0.717, 1.165) is 50.9 Å². The summed E-state index contributed by atoms with van der Waals surface area (Å²) in [6, 6.07) is 8.12. The third-order valence-electron chi connectivity index (χ3n) is 3.94. The third kappa shape index (κ3) is 5.60. The molecule has 0 amide bonds. The minimum absolute atomic E-state index is 0.751. The smallest absolute Gasteiger partial charge is 0.193 e. The van der Waals surface area contributed by atoms with Crippen molar-refractivity contribution in [1.29, 1.82) is 0 Å². The third-order valence-corrected chi connectivity index (χ3v) is 3.94. The van der Waals surface area contributed by atoms with Gasteiger partial charge < -0.3 is 19.7 Å². The molecular formula is C18H27N3O2. The van der Waals surface area contributed by atoms with Crippen LogP contribution in [0.2, 0.25) is 0 Å². The number of methoxy groups -OCH3 is 1. The van der Waals surface area contributed by atoms with Gasteiger partial charge in [-0.25, -0.2) is 0 Å². The number of hydrogen-bond acceptors (Lipinski definition) is 3. The number of ether oxygens (including phenoxy) is 2. The lowest BCUT2D eigenvalue weighted by molar-refractivity contribution is 0.153. The minimum atomic E-state index is 0.751. The molecule has 1 aromatic carbocycles. The van der Waals surface area contributed by atoms with Crippen molar-refractivity contribution < 1.29 is 9.47 Å². The van der Waals surface area contributed by atoms with Crippen molar-refractivity contribution in [3.8, 4) is 5.75 Å². The van der Waals surface area contributed by atoms with Gasteiger partial charge in [0.1, 0.15) is 5.75 Å². The maximum atomic E-state index is 5.33. The molecule has 0 aromatic heterocycles. The van der Waals surface area contributed by atoms with E-state index in [1.165, 1.54) is 11.1 Å². The first kappa shape index (κ1) is 17.3. The molecule has 1 N–H and O–H groups in total. The summed E-state index contributed by atoms with van der Waals surface area (Å²) >= 11 is 0. The van der Waals surface area contributed by atoms with Crippen LogP contribution in [-0.2, 0) is 11.3 Å². The molecule has 0 aliphatic carbocycles. The van der Waals surface area contributed by atoms with E-state index in [4.69, 9.17) is 9.47 Å². The van der Waals surface area contributed by atoms with Crippen LogP contribution < -0.4 is 10.1 Å². The van der Waals surface area contributed by atoms with Crippen LogP contribution in [0.4, 0.5) is 0 Å². The van der Waals surface area contributed by atoms with E-state index >= 15 is 0 Å². The summed E-state index contributed by atoms with van der Waals surface area (Å²) in [6.45, 7) is 3.30. The van der Waals surface area contributed by atoms with Crippen molar-refractivity contribution in [3.63, 3.8) is 0 Å². The summed E-state index contributed by atoms with van der Waals surface area (Å²) < 4.78 is 10.5. The lowest BCUT2D eigenvalue weighted by Crippen LogP contribution is -2.39. The Morgan fingerprint density at radius 1 is 1.35 bits per heavy atom. The monoisotopic (exact) mass is 317 g/mol. The van der Waals surface area contributed by atoms with Crippen molar-refractivity contribution in [1.82, 2.24) is 10.2 Å². The second-order valence-electron chi connectivity index (χ2n) is 5.62. The average Bonchev–Trinajstić information content (AvgIpc) is 2.60. The SMILES string of the molecule is CN=C(NCCC1=CCOCC1)N(C)Cc1ccc(OC)cc1. The van der Waals surface area contributed by atoms with Gasteiger partial charge >= 0.3 is 0 Å². The number of hydrogen-bond donors (Lipinski definition) is 1. The highest BCUT2D eigenvalue weighted by atomic mass is 16.5. The lowest BCUT2D eigenvalue weighted by Gasteiger charge is -2.23. The van der Waals surface area contributed by atoms with Gasteiger partial charge in [0.15, 0.2) is 5.96 Å².